The van der Waals surface area contributed by atoms with Crippen molar-refractivity contribution in [3.63, 3.8) is 0 Å². The van der Waals surface area contributed by atoms with Crippen molar-refractivity contribution < 1.29 is 9.53 Å². The Morgan fingerprint density at radius 3 is 2.56 bits per heavy atom. The van der Waals surface area contributed by atoms with Crippen molar-refractivity contribution in [3.05, 3.63) is 0 Å². The van der Waals surface area contributed by atoms with Crippen molar-refractivity contribution in [3.8, 4) is 0 Å². The monoisotopic (exact) mass is 273 g/mol. The first-order valence-corrected chi connectivity index (χ1v) is 6.93. The van der Waals surface area contributed by atoms with Gasteiger partial charge in [-0.15, -0.1) is 0 Å². The quantitative estimate of drug-likeness (QED) is 0.545. The molecule has 0 saturated carbocycles. The van der Waals surface area contributed by atoms with Gasteiger partial charge < -0.3 is 20.3 Å². The summed E-state index contributed by atoms with van der Waals surface area (Å²) < 4.78 is 4.90. The number of methoxy groups -OCH3 is 1. The van der Waals surface area contributed by atoms with E-state index in [-0.39, 0.29) is 5.91 Å². The molecule has 0 aromatic rings. The lowest BCUT2D eigenvalue weighted by molar-refractivity contribution is -0.131. The number of piperidine rings is 1. The zero-order valence-electron chi connectivity index (χ0n) is 11.0. The van der Waals surface area contributed by atoms with Crippen LogP contribution in [0.2, 0.25) is 0 Å². The van der Waals surface area contributed by atoms with Crippen molar-refractivity contribution in [1.82, 2.24) is 15.5 Å². The third kappa shape index (κ3) is 6.16. The maximum Gasteiger partial charge on any atom is 0.224 e. The molecule has 2 N–H and O–H groups in total. The Balaban J connectivity index is 2.05. The number of thiocarbonyl (C=S) groups is 1. The fourth-order valence-corrected chi connectivity index (χ4v) is 2.12. The number of carbonyl (C=O) groups is 1. The van der Waals surface area contributed by atoms with Crippen LogP contribution in [-0.4, -0.2) is 55.8 Å². The molecule has 1 aliphatic heterocycles. The van der Waals surface area contributed by atoms with Crippen molar-refractivity contribution in [2.75, 3.05) is 39.9 Å². The second-order valence-electron chi connectivity index (χ2n) is 4.37. The molecule has 1 amide bonds. The van der Waals surface area contributed by atoms with E-state index in [0.29, 0.717) is 31.2 Å². The number of carbonyl (C=O) groups excluding carboxylic acids is 1. The SMILES string of the molecule is COCCNC(=S)NCCC(=O)N1CCCCC1. The average molecular weight is 273 g/mol. The van der Waals surface area contributed by atoms with Crippen LogP contribution in [0.1, 0.15) is 25.7 Å². The number of amides is 1. The molecule has 5 nitrogen and oxygen atoms in total. The summed E-state index contributed by atoms with van der Waals surface area (Å²) in [7, 11) is 1.65. The number of likely N-dealkylation sites (tertiary alicyclic amines) is 1. The highest BCUT2D eigenvalue weighted by atomic mass is 32.1. The molecule has 0 unspecified atom stereocenters. The van der Waals surface area contributed by atoms with Gasteiger partial charge in [0.2, 0.25) is 5.91 Å². The van der Waals surface area contributed by atoms with Gasteiger partial charge in [0, 0.05) is 39.7 Å². The summed E-state index contributed by atoms with van der Waals surface area (Å²) in [6, 6.07) is 0. The van der Waals surface area contributed by atoms with Crippen LogP contribution in [0.4, 0.5) is 0 Å². The normalized spacial score (nSPS) is 15.3. The van der Waals surface area contributed by atoms with E-state index in [4.69, 9.17) is 17.0 Å². The zero-order chi connectivity index (χ0) is 13.2. The van der Waals surface area contributed by atoms with E-state index in [1.165, 1.54) is 6.42 Å². The van der Waals surface area contributed by atoms with Crippen molar-refractivity contribution in [1.29, 1.82) is 0 Å². The van der Waals surface area contributed by atoms with E-state index >= 15 is 0 Å². The zero-order valence-corrected chi connectivity index (χ0v) is 11.9. The first kappa shape index (κ1) is 15.2. The third-order valence-corrected chi connectivity index (χ3v) is 3.21. The Morgan fingerprint density at radius 1 is 1.22 bits per heavy atom. The highest BCUT2D eigenvalue weighted by Crippen LogP contribution is 2.09. The minimum Gasteiger partial charge on any atom is -0.383 e. The van der Waals surface area contributed by atoms with Gasteiger partial charge in [-0.05, 0) is 31.5 Å². The molecule has 1 saturated heterocycles. The first-order valence-electron chi connectivity index (χ1n) is 6.52. The van der Waals surface area contributed by atoms with Crippen LogP contribution in [0.15, 0.2) is 0 Å². The summed E-state index contributed by atoms with van der Waals surface area (Å²) in [5, 5.41) is 6.62. The number of nitrogens with one attached hydrogen (secondary N) is 2. The van der Waals surface area contributed by atoms with Gasteiger partial charge >= 0.3 is 0 Å². The highest BCUT2D eigenvalue weighted by Gasteiger charge is 2.15. The van der Waals surface area contributed by atoms with Gasteiger partial charge in [0.15, 0.2) is 5.11 Å². The number of nitrogens with zero attached hydrogens (tertiary/aromatic N) is 1. The van der Waals surface area contributed by atoms with Gasteiger partial charge in [0.25, 0.3) is 0 Å². The highest BCUT2D eigenvalue weighted by molar-refractivity contribution is 7.80. The number of hydrogen-bond acceptors (Lipinski definition) is 3. The summed E-state index contributed by atoms with van der Waals surface area (Å²) in [5.74, 6) is 0.224. The fourth-order valence-electron chi connectivity index (χ4n) is 1.91. The summed E-state index contributed by atoms with van der Waals surface area (Å²) in [4.78, 5) is 13.8. The topological polar surface area (TPSA) is 53.6 Å². The Morgan fingerprint density at radius 2 is 1.89 bits per heavy atom. The standard InChI is InChI=1S/C12H23N3O2S/c1-17-10-7-14-12(18)13-6-5-11(16)15-8-3-2-4-9-15/h2-10H2,1H3,(H2,13,14,18). The van der Waals surface area contributed by atoms with Gasteiger partial charge in [-0.25, -0.2) is 0 Å². The molecule has 18 heavy (non-hydrogen) atoms. The van der Waals surface area contributed by atoms with Gasteiger partial charge in [-0.3, -0.25) is 4.79 Å². The van der Waals surface area contributed by atoms with Crippen LogP contribution >= 0.6 is 12.2 Å². The van der Waals surface area contributed by atoms with E-state index in [1.807, 2.05) is 4.90 Å². The smallest absolute Gasteiger partial charge is 0.224 e. The van der Waals surface area contributed by atoms with Gasteiger partial charge in [-0.1, -0.05) is 0 Å². The molecular formula is C12H23N3O2S. The molecule has 1 rings (SSSR count). The van der Waals surface area contributed by atoms with Crippen LogP contribution in [0.25, 0.3) is 0 Å². The molecular weight excluding hydrogens is 250 g/mol. The largest absolute Gasteiger partial charge is 0.383 e. The van der Waals surface area contributed by atoms with Gasteiger partial charge in [0.05, 0.1) is 6.61 Å². The van der Waals surface area contributed by atoms with Crippen LogP contribution < -0.4 is 10.6 Å². The minimum atomic E-state index is 0.224. The molecule has 0 aromatic heterocycles. The van der Waals surface area contributed by atoms with E-state index in [0.717, 1.165) is 25.9 Å². The molecule has 6 heteroatoms. The number of rotatable bonds is 6. The Kier molecular flexibility index (Phi) is 7.68. The van der Waals surface area contributed by atoms with Crippen LogP contribution in [0.3, 0.4) is 0 Å². The van der Waals surface area contributed by atoms with E-state index in [2.05, 4.69) is 10.6 Å². The van der Waals surface area contributed by atoms with Gasteiger partial charge in [0.1, 0.15) is 0 Å². The molecule has 0 atom stereocenters. The van der Waals surface area contributed by atoms with E-state index in [1.54, 1.807) is 7.11 Å². The number of ether oxygens (including phenoxy) is 1. The predicted molar refractivity (Wildman–Crippen MR) is 75.5 cm³/mol. The molecule has 0 radical (unpaired) electrons. The van der Waals surface area contributed by atoms with Crippen molar-refractivity contribution >= 4 is 23.2 Å². The molecule has 0 aliphatic carbocycles. The minimum absolute atomic E-state index is 0.224. The van der Waals surface area contributed by atoms with Crippen LogP contribution in [-0.2, 0) is 9.53 Å². The number of hydrogen-bond donors (Lipinski definition) is 2. The van der Waals surface area contributed by atoms with Crippen molar-refractivity contribution in [2.45, 2.75) is 25.7 Å². The molecule has 1 aliphatic rings. The van der Waals surface area contributed by atoms with Crippen molar-refractivity contribution in [2.24, 2.45) is 0 Å². The maximum atomic E-state index is 11.8. The Hall–Kier alpha value is -0.880. The summed E-state index contributed by atoms with van der Waals surface area (Å²) in [6.45, 7) is 3.72. The Bertz CT molecular complexity index is 268. The summed E-state index contributed by atoms with van der Waals surface area (Å²) in [6.07, 6.45) is 4.02. The predicted octanol–water partition coefficient (Wildman–Crippen LogP) is 0.500. The summed E-state index contributed by atoms with van der Waals surface area (Å²) in [5.41, 5.74) is 0. The van der Waals surface area contributed by atoms with Crippen LogP contribution in [0, 0.1) is 0 Å². The summed E-state index contributed by atoms with van der Waals surface area (Å²) >= 11 is 5.07. The Labute approximate surface area is 114 Å². The first-order chi connectivity index (χ1) is 8.74. The second-order valence-corrected chi connectivity index (χ2v) is 4.78. The molecule has 1 heterocycles. The lowest BCUT2D eigenvalue weighted by Crippen LogP contribution is -2.40. The third-order valence-electron chi connectivity index (χ3n) is 2.92. The van der Waals surface area contributed by atoms with E-state index < -0.39 is 0 Å². The lowest BCUT2D eigenvalue weighted by atomic mass is 10.1. The molecule has 104 valence electrons. The van der Waals surface area contributed by atoms with Crippen LogP contribution in [0.5, 0.6) is 0 Å². The second kappa shape index (κ2) is 9.10. The lowest BCUT2D eigenvalue weighted by Gasteiger charge is -2.26. The molecule has 0 spiro atoms. The van der Waals surface area contributed by atoms with Gasteiger partial charge in [-0.2, -0.15) is 0 Å². The molecule has 0 aromatic carbocycles. The maximum absolute atomic E-state index is 11.8. The molecule has 0 bridgehead atoms. The molecule has 1 fully saturated rings. The fraction of sp³-hybridized carbons (Fsp3) is 0.833. The van der Waals surface area contributed by atoms with E-state index in [9.17, 15) is 4.79 Å². The average Bonchev–Trinajstić information content (AvgIpc) is 2.40.